The Morgan fingerprint density at radius 3 is 1.95 bits per heavy atom. The second-order valence-corrected chi connectivity index (χ2v) is 15.9. The van der Waals surface area contributed by atoms with Crippen molar-refractivity contribution in [3.05, 3.63) is 46.5 Å². The van der Waals surface area contributed by atoms with Gasteiger partial charge in [-0.3, -0.25) is 9.59 Å². The molecule has 0 heterocycles. The van der Waals surface area contributed by atoms with Crippen molar-refractivity contribution >= 4 is 43.8 Å². The van der Waals surface area contributed by atoms with Crippen molar-refractivity contribution in [2.45, 2.75) is 46.0 Å². The lowest BCUT2D eigenvalue weighted by Crippen LogP contribution is -2.44. The van der Waals surface area contributed by atoms with Crippen molar-refractivity contribution in [3.8, 4) is 0 Å². The Hall–Kier alpha value is -2.14. The lowest BCUT2D eigenvalue weighted by Gasteiger charge is -2.35. The predicted octanol–water partition coefficient (Wildman–Crippen LogP) is 2.93. The third-order valence-corrected chi connectivity index (χ3v) is 13.0. The van der Waals surface area contributed by atoms with Gasteiger partial charge in [0, 0.05) is 11.0 Å². The van der Waals surface area contributed by atoms with Crippen LogP contribution in [-0.2, 0) is 29.6 Å². The van der Waals surface area contributed by atoms with Crippen molar-refractivity contribution in [2.75, 3.05) is 25.6 Å². The first kappa shape index (κ1) is 27.4. The molecule has 4 saturated carbocycles. The monoisotopic (exact) mass is 560 g/mol. The molecule has 0 amide bonds. The van der Waals surface area contributed by atoms with E-state index in [0.717, 1.165) is 24.0 Å². The lowest BCUT2D eigenvalue weighted by atomic mass is 9.70. The average Bonchev–Trinajstić information content (AvgIpc) is 3.50. The van der Waals surface area contributed by atoms with Crippen LogP contribution in [0.1, 0.15) is 57.1 Å². The Morgan fingerprint density at radius 1 is 0.816 bits per heavy atom. The zero-order valence-corrected chi connectivity index (χ0v) is 24.0. The van der Waals surface area contributed by atoms with Crippen LogP contribution in [-0.4, -0.2) is 54.0 Å². The lowest BCUT2D eigenvalue weighted by molar-refractivity contribution is -0.125. The molecule has 2 N–H and O–H groups in total. The van der Waals surface area contributed by atoms with E-state index in [0.29, 0.717) is 30.4 Å². The van der Waals surface area contributed by atoms with Gasteiger partial charge in [-0.1, -0.05) is 38.1 Å². The Balaban J connectivity index is 1.39. The van der Waals surface area contributed by atoms with Gasteiger partial charge < -0.3 is 0 Å². The molecule has 4 atom stereocenters. The highest BCUT2D eigenvalue weighted by atomic mass is 32.2. The maximum absolute atomic E-state index is 13.6. The molecule has 0 spiro atoms. The standard InChI is InChI=1S/C28H36N2O6S2/c1-26(2)23-10-12-28(26,17-38(35,36)30-4)25(32)22(23)14-19-7-5-18(6-8-19)13-21-20-9-11-27(15-20,24(21)31)16-37(33,34)29-3/h5-8,13-14,20,23,29-30H,9-12,15-17H2,1-4H3/b21-13-,22-14+. The fourth-order valence-corrected chi connectivity index (χ4v) is 10.3. The van der Waals surface area contributed by atoms with E-state index in [4.69, 9.17) is 0 Å². The van der Waals surface area contributed by atoms with Crippen LogP contribution < -0.4 is 9.44 Å². The normalized spacial score (nSPS) is 34.2. The van der Waals surface area contributed by atoms with E-state index in [1.165, 1.54) is 14.1 Å². The molecule has 4 fully saturated rings. The fraction of sp³-hybridized carbons (Fsp3) is 0.571. The van der Waals surface area contributed by atoms with E-state index in [1.54, 1.807) is 0 Å². The van der Waals surface area contributed by atoms with Crippen molar-refractivity contribution in [3.63, 3.8) is 0 Å². The number of carbonyl (C=O) groups excluding carboxylic acids is 2. The number of carbonyl (C=O) groups is 2. The molecule has 4 aliphatic rings. The summed E-state index contributed by atoms with van der Waals surface area (Å²) in [7, 11) is -4.29. The highest BCUT2D eigenvalue weighted by Gasteiger charge is 2.67. The van der Waals surface area contributed by atoms with Gasteiger partial charge in [-0.15, -0.1) is 0 Å². The Bertz CT molecular complexity index is 1470. The molecule has 206 valence electrons. The largest absolute Gasteiger partial charge is 0.294 e. The van der Waals surface area contributed by atoms with Crippen LogP contribution in [0.25, 0.3) is 12.2 Å². The molecule has 4 unspecified atom stereocenters. The van der Waals surface area contributed by atoms with Crippen LogP contribution in [0.2, 0.25) is 0 Å². The Morgan fingerprint density at radius 2 is 1.37 bits per heavy atom. The maximum Gasteiger partial charge on any atom is 0.212 e. The molecule has 1 aromatic carbocycles. The second kappa shape index (κ2) is 8.94. The van der Waals surface area contributed by atoms with Gasteiger partial charge in [-0.25, -0.2) is 26.3 Å². The summed E-state index contributed by atoms with van der Waals surface area (Å²) in [5.74, 6) is -0.419. The van der Waals surface area contributed by atoms with E-state index in [2.05, 4.69) is 9.44 Å². The number of rotatable bonds is 8. The van der Waals surface area contributed by atoms with E-state index in [9.17, 15) is 26.4 Å². The quantitative estimate of drug-likeness (QED) is 0.471. The van der Waals surface area contributed by atoms with Gasteiger partial charge in [0.2, 0.25) is 20.0 Å². The summed E-state index contributed by atoms with van der Waals surface area (Å²) in [4.78, 5) is 26.9. The first-order valence-corrected chi connectivity index (χ1v) is 16.4. The van der Waals surface area contributed by atoms with E-state index in [-0.39, 0.29) is 34.9 Å². The van der Waals surface area contributed by atoms with Crippen molar-refractivity contribution in [1.29, 1.82) is 0 Å². The summed E-state index contributed by atoms with van der Waals surface area (Å²) < 4.78 is 54.0. The summed E-state index contributed by atoms with van der Waals surface area (Å²) >= 11 is 0. The zero-order valence-electron chi connectivity index (χ0n) is 22.3. The molecule has 4 aliphatic carbocycles. The van der Waals surface area contributed by atoms with Gasteiger partial charge in [0.15, 0.2) is 11.6 Å². The average molecular weight is 561 g/mol. The SMILES string of the molecule is CNS(=O)(=O)CC12CCC(C1)/C(=C/c1ccc(/C=C3/C(=O)C4(CS(=O)(=O)NC)CCC3C4(C)C)cc1)C2=O. The maximum atomic E-state index is 13.6. The van der Waals surface area contributed by atoms with E-state index >= 15 is 0 Å². The molecule has 0 aliphatic heterocycles. The summed E-state index contributed by atoms with van der Waals surface area (Å²) in [6.45, 7) is 4.01. The zero-order chi connectivity index (χ0) is 27.7. The molecule has 0 aromatic heterocycles. The molecular formula is C28H36N2O6S2. The summed E-state index contributed by atoms with van der Waals surface area (Å²) in [5.41, 5.74) is 0.889. The molecule has 1 aromatic rings. The third-order valence-electron chi connectivity index (χ3n) is 9.93. The number of hydrogen-bond donors (Lipinski definition) is 2. The number of Topliss-reactive ketones (excluding diaryl/α,β-unsaturated/α-hetero) is 2. The summed E-state index contributed by atoms with van der Waals surface area (Å²) in [6.07, 6.45) is 7.10. The number of ketones is 2. The van der Waals surface area contributed by atoms with E-state index in [1.807, 2.05) is 50.3 Å². The minimum atomic E-state index is -3.56. The van der Waals surface area contributed by atoms with Crippen LogP contribution in [0.3, 0.4) is 0 Å². The molecule has 38 heavy (non-hydrogen) atoms. The van der Waals surface area contributed by atoms with Gasteiger partial charge >= 0.3 is 0 Å². The topological polar surface area (TPSA) is 126 Å². The number of sulfonamides is 2. The minimum Gasteiger partial charge on any atom is -0.294 e. The third kappa shape index (κ3) is 4.15. The molecule has 4 bridgehead atoms. The number of benzene rings is 1. The van der Waals surface area contributed by atoms with Crippen LogP contribution in [0.4, 0.5) is 0 Å². The predicted molar refractivity (Wildman–Crippen MR) is 147 cm³/mol. The minimum absolute atomic E-state index is 0.000546. The van der Waals surface area contributed by atoms with Crippen LogP contribution >= 0.6 is 0 Å². The highest BCUT2D eigenvalue weighted by Crippen LogP contribution is 2.66. The first-order valence-electron chi connectivity index (χ1n) is 13.1. The van der Waals surface area contributed by atoms with Gasteiger partial charge in [0.1, 0.15) is 0 Å². The molecule has 10 heteroatoms. The molecular weight excluding hydrogens is 524 g/mol. The van der Waals surface area contributed by atoms with Crippen LogP contribution in [0, 0.1) is 28.1 Å². The molecule has 5 rings (SSSR count). The summed E-state index contributed by atoms with van der Waals surface area (Å²) in [6, 6.07) is 7.61. The molecule has 0 saturated heterocycles. The number of hydrogen-bond acceptors (Lipinski definition) is 6. The van der Waals surface area contributed by atoms with Gasteiger partial charge in [0.05, 0.1) is 16.9 Å². The van der Waals surface area contributed by atoms with Gasteiger partial charge in [0.25, 0.3) is 0 Å². The smallest absolute Gasteiger partial charge is 0.212 e. The van der Waals surface area contributed by atoms with Gasteiger partial charge in [-0.05, 0) is 92.3 Å². The highest BCUT2D eigenvalue weighted by molar-refractivity contribution is 7.89. The second-order valence-electron chi connectivity index (χ2n) is 12.1. The number of nitrogens with one attached hydrogen (secondary N) is 2. The summed E-state index contributed by atoms with van der Waals surface area (Å²) in [5, 5.41) is 0. The van der Waals surface area contributed by atoms with Crippen molar-refractivity contribution in [1.82, 2.24) is 9.44 Å². The number of fused-ring (bicyclic) bond motifs is 4. The van der Waals surface area contributed by atoms with Crippen LogP contribution in [0.5, 0.6) is 0 Å². The number of allylic oxidation sites excluding steroid dienone is 2. The van der Waals surface area contributed by atoms with Crippen molar-refractivity contribution in [2.24, 2.45) is 28.1 Å². The van der Waals surface area contributed by atoms with Gasteiger partial charge in [-0.2, -0.15) is 0 Å². The first-order chi connectivity index (χ1) is 17.7. The Kier molecular flexibility index (Phi) is 6.45. The molecule has 0 radical (unpaired) electrons. The molecule has 8 nitrogen and oxygen atoms in total. The fourth-order valence-electron chi connectivity index (χ4n) is 7.63. The van der Waals surface area contributed by atoms with E-state index < -0.39 is 36.3 Å². The van der Waals surface area contributed by atoms with Crippen LogP contribution in [0.15, 0.2) is 35.4 Å². The Labute approximate surface area is 225 Å². The van der Waals surface area contributed by atoms with Crippen molar-refractivity contribution < 1.29 is 26.4 Å².